The normalized spacial score (nSPS) is 18.7. The Kier molecular flexibility index (Phi) is 6.85. The molecule has 1 fully saturated rings. The molecular weight excluding hydrogens is 445 g/mol. The molecule has 1 saturated heterocycles. The first-order valence-corrected chi connectivity index (χ1v) is 11.2. The highest BCUT2D eigenvalue weighted by molar-refractivity contribution is 5.98. The number of carbonyl (C=O) groups is 1. The van der Waals surface area contributed by atoms with Gasteiger partial charge in [-0.05, 0) is 68.9 Å². The van der Waals surface area contributed by atoms with Crippen LogP contribution in [-0.4, -0.2) is 48.5 Å². The second-order valence-electron chi connectivity index (χ2n) is 8.55. The van der Waals surface area contributed by atoms with Crippen molar-refractivity contribution < 1.29 is 18.0 Å². The highest BCUT2D eigenvalue weighted by Crippen LogP contribution is 2.30. The molecule has 0 unspecified atom stereocenters. The summed E-state index contributed by atoms with van der Waals surface area (Å²) in [6, 6.07) is 7.53. The lowest BCUT2D eigenvalue weighted by molar-refractivity contribution is -0.141. The fraction of sp³-hybridized carbons (Fsp3) is 0.417. The average molecular weight is 470 g/mol. The van der Waals surface area contributed by atoms with Crippen molar-refractivity contribution in [3.05, 3.63) is 65.5 Å². The molecule has 0 aromatic carbocycles. The molecule has 0 saturated carbocycles. The second-order valence-corrected chi connectivity index (χ2v) is 8.55. The lowest BCUT2D eigenvalue weighted by Gasteiger charge is -2.40. The largest absolute Gasteiger partial charge is 0.435 e. The zero-order valence-corrected chi connectivity index (χ0v) is 19.0. The molecule has 4 heterocycles. The number of nitrogens with zero attached hydrogens (tertiary/aromatic N) is 6. The second kappa shape index (κ2) is 9.82. The van der Waals surface area contributed by atoms with Crippen LogP contribution in [0.1, 0.15) is 53.8 Å². The summed E-state index contributed by atoms with van der Waals surface area (Å²) in [4.78, 5) is 28.7. The van der Waals surface area contributed by atoms with E-state index in [1.54, 1.807) is 18.5 Å². The van der Waals surface area contributed by atoms with E-state index in [1.807, 2.05) is 24.0 Å². The molecule has 1 amide bonds. The van der Waals surface area contributed by atoms with E-state index < -0.39 is 11.9 Å². The quantitative estimate of drug-likeness (QED) is 0.545. The van der Waals surface area contributed by atoms with Crippen LogP contribution in [0.25, 0.3) is 11.4 Å². The van der Waals surface area contributed by atoms with Crippen LogP contribution in [0.2, 0.25) is 0 Å². The topological polar surface area (TPSA) is 84.8 Å². The Hall–Kier alpha value is -3.43. The Morgan fingerprint density at radius 2 is 1.88 bits per heavy atom. The highest BCUT2D eigenvalue weighted by Gasteiger charge is 2.35. The van der Waals surface area contributed by atoms with Gasteiger partial charge in [-0.2, -0.15) is 18.3 Å². The fourth-order valence-corrected chi connectivity index (χ4v) is 4.36. The third-order valence-corrected chi connectivity index (χ3v) is 6.13. The summed E-state index contributed by atoms with van der Waals surface area (Å²) in [6.45, 7) is 4.50. The molecule has 0 radical (unpaired) electrons. The number of hydrogen-bond donors (Lipinski definition) is 0. The van der Waals surface area contributed by atoms with E-state index in [4.69, 9.17) is 0 Å². The minimum absolute atomic E-state index is 0.0998. The predicted octanol–water partition coefficient (Wildman–Crippen LogP) is 4.53. The number of halogens is 3. The minimum Gasteiger partial charge on any atom is -0.334 e. The van der Waals surface area contributed by atoms with Gasteiger partial charge in [0.1, 0.15) is 5.69 Å². The first-order chi connectivity index (χ1) is 16.2. The predicted molar refractivity (Wildman–Crippen MR) is 119 cm³/mol. The van der Waals surface area contributed by atoms with Gasteiger partial charge in [-0.1, -0.05) is 6.92 Å². The Labute approximate surface area is 195 Å². The summed E-state index contributed by atoms with van der Waals surface area (Å²) >= 11 is 0. The Morgan fingerprint density at radius 1 is 1.12 bits per heavy atom. The van der Waals surface area contributed by atoms with E-state index in [-0.39, 0.29) is 17.9 Å². The van der Waals surface area contributed by atoms with Crippen molar-refractivity contribution in [3.8, 4) is 11.4 Å². The van der Waals surface area contributed by atoms with Crippen molar-refractivity contribution >= 4 is 5.91 Å². The van der Waals surface area contributed by atoms with Gasteiger partial charge in [0.25, 0.3) is 5.91 Å². The van der Waals surface area contributed by atoms with Crippen LogP contribution in [0.4, 0.5) is 13.2 Å². The smallest absolute Gasteiger partial charge is 0.334 e. The summed E-state index contributed by atoms with van der Waals surface area (Å²) in [5.74, 6) is 0.461. The van der Waals surface area contributed by atoms with Gasteiger partial charge >= 0.3 is 6.18 Å². The average Bonchev–Trinajstić information content (AvgIpc) is 2.83. The van der Waals surface area contributed by atoms with Gasteiger partial charge in [-0.15, -0.1) is 5.10 Å². The first kappa shape index (κ1) is 23.7. The number of amides is 1. The fourth-order valence-electron chi connectivity index (χ4n) is 4.36. The number of pyridine rings is 1. The van der Waals surface area contributed by atoms with Crippen LogP contribution < -0.4 is 0 Å². The van der Waals surface area contributed by atoms with Crippen molar-refractivity contribution in [2.45, 2.75) is 51.7 Å². The molecule has 178 valence electrons. The van der Waals surface area contributed by atoms with Gasteiger partial charge in [-0.25, -0.2) is 15.0 Å². The maximum absolute atomic E-state index is 13.7. The van der Waals surface area contributed by atoms with E-state index in [2.05, 4.69) is 32.1 Å². The standard InChI is InChI=1S/C24H25F3N6O/c1-15-5-3-14-33(19(15)10-7-17-8-11-20(32-31-17)24(25,26)27)23(34)21-18(9-6-16(2)30-21)22-28-12-4-13-29-22/h4,6,8-9,11-13,15,19H,3,5,7,10,14H2,1-2H3/t15-,19-/m1/s1. The molecule has 3 aromatic heterocycles. The van der Waals surface area contributed by atoms with E-state index in [9.17, 15) is 18.0 Å². The molecule has 10 heteroatoms. The number of alkyl halides is 3. The SMILES string of the molecule is Cc1ccc(-c2ncccn2)c(C(=O)N2CCC[C@@H](C)[C@H]2CCc2ccc(C(F)(F)F)nn2)n1. The molecule has 2 atom stereocenters. The van der Waals surface area contributed by atoms with E-state index >= 15 is 0 Å². The van der Waals surface area contributed by atoms with Crippen LogP contribution in [-0.2, 0) is 12.6 Å². The maximum Gasteiger partial charge on any atom is 0.435 e. The molecule has 7 nitrogen and oxygen atoms in total. The molecule has 34 heavy (non-hydrogen) atoms. The molecule has 0 N–H and O–H groups in total. The number of likely N-dealkylation sites (tertiary alicyclic amines) is 1. The molecule has 4 rings (SSSR count). The zero-order chi connectivity index (χ0) is 24.3. The van der Waals surface area contributed by atoms with Gasteiger partial charge in [0, 0.05) is 30.7 Å². The maximum atomic E-state index is 13.7. The molecule has 3 aromatic rings. The molecule has 0 bridgehead atoms. The van der Waals surface area contributed by atoms with Gasteiger partial charge in [-0.3, -0.25) is 4.79 Å². The van der Waals surface area contributed by atoms with Crippen LogP contribution in [0.3, 0.4) is 0 Å². The van der Waals surface area contributed by atoms with E-state index in [0.29, 0.717) is 47.9 Å². The molecular formula is C24H25F3N6O. The molecule has 1 aliphatic heterocycles. The zero-order valence-electron chi connectivity index (χ0n) is 19.0. The Morgan fingerprint density at radius 3 is 2.56 bits per heavy atom. The lowest BCUT2D eigenvalue weighted by atomic mass is 9.87. The Bertz CT molecular complexity index is 1140. The van der Waals surface area contributed by atoms with Gasteiger partial charge < -0.3 is 4.90 Å². The van der Waals surface area contributed by atoms with Gasteiger partial charge in [0.2, 0.25) is 0 Å². The highest BCUT2D eigenvalue weighted by atomic mass is 19.4. The molecule has 0 aliphatic carbocycles. The minimum atomic E-state index is -4.52. The number of carbonyl (C=O) groups excluding carboxylic acids is 1. The van der Waals surface area contributed by atoms with Crippen LogP contribution in [0, 0.1) is 12.8 Å². The third kappa shape index (κ3) is 5.21. The first-order valence-electron chi connectivity index (χ1n) is 11.2. The van der Waals surface area contributed by atoms with Crippen LogP contribution in [0.15, 0.2) is 42.7 Å². The van der Waals surface area contributed by atoms with Crippen molar-refractivity contribution in [2.75, 3.05) is 6.54 Å². The molecule has 0 spiro atoms. The lowest BCUT2D eigenvalue weighted by Crippen LogP contribution is -2.48. The monoisotopic (exact) mass is 470 g/mol. The van der Waals surface area contributed by atoms with Crippen molar-refractivity contribution in [2.24, 2.45) is 5.92 Å². The number of piperidine rings is 1. The van der Waals surface area contributed by atoms with E-state index in [1.165, 1.54) is 6.07 Å². The Balaban J connectivity index is 1.57. The summed E-state index contributed by atoms with van der Waals surface area (Å²) in [6.07, 6.45) is 1.53. The van der Waals surface area contributed by atoms with E-state index in [0.717, 1.165) is 18.9 Å². The van der Waals surface area contributed by atoms with Crippen molar-refractivity contribution in [1.82, 2.24) is 30.0 Å². The van der Waals surface area contributed by atoms with Gasteiger partial charge in [0.15, 0.2) is 11.5 Å². The number of hydrogen-bond acceptors (Lipinski definition) is 6. The summed E-state index contributed by atoms with van der Waals surface area (Å²) in [5, 5.41) is 7.06. The van der Waals surface area contributed by atoms with Crippen molar-refractivity contribution in [3.63, 3.8) is 0 Å². The number of rotatable bonds is 5. The van der Waals surface area contributed by atoms with Crippen LogP contribution in [0.5, 0.6) is 0 Å². The number of aryl methyl sites for hydroxylation is 2. The number of aromatic nitrogens is 5. The van der Waals surface area contributed by atoms with Crippen molar-refractivity contribution in [1.29, 1.82) is 0 Å². The third-order valence-electron chi connectivity index (χ3n) is 6.13. The summed E-state index contributed by atoms with van der Waals surface area (Å²) in [7, 11) is 0. The van der Waals surface area contributed by atoms with Gasteiger partial charge in [0.05, 0.1) is 11.3 Å². The summed E-state index contributed by atoms with van der Waals surface area (Å²) in [5.41, 5.74) is 1.04. The molecule has 1 aliphatic rings. The van der Waals surface area contributed by atoms with Crippen LogP contribution >= 0.6 is 0 Å². The summed E-state index contributed by atoms with van der Waals surface area (Å²) < 4.78 is 38.3.